The second kappa shape index (κ2) is 15.4. The van der Waals surface area contributed by atoms with E-state index < -0.39 is 0 Å². The average molecular weight is 554 g/mol. The van der Waals surface area contributed by atoms with Crippen LogP contribution in [0.3, 0.4) is 0 Å². The number of benzene rings is 3. The fraction of sp³-hybridized carbons (Fsp3) is 0.205. The van der Waals surface area contributed by atoms with Crippen molar-refractivity contribution in [2.45, 2.75) is 39.5 Å². The normalized spacial score (nSPS) is 12.8. The van der Waals surface area contributed by atoms with Crippen LogP contribution in [-0.4, -0.2) is 19.1 Å². The fourth-order valence-corrected chi connectivity index (χ4v) is 4.96. The van der Waals surface area contributed by atoms with Gasteiger partial charge in [0.2, 0.25) is 0 Å². The molecule has 214 valence electrons. The van der Waals surface area contributed by atoms with Gasteiger partial charge in [0.1, 0.15) is 0 Å². The maximum absolute atomic E-state index is 5.07. The van der Waals surface area contributed by atoms with Gasteiger partial charge in [-0.25, -0.2) is 0 Å². The number of allylic oxidation sites excluding steroid dienone is 7. The van der Waals surface area contributed by atoms with Crippen molar-refractivity contribution in [1.82, 2.24) is 10.3 Å². The Bertz CT molecular complexity index is 1560. The predicted molar refractivity (Wildman–Crippen MR) is 183 cm³/mol. The number of nitrogens with zero attached hydrogens (tertiary/aromatic N) is 1. The molecule has 0 saturated carbocycles. The van der Waals surface area contributed by atoms with Crippen LogP contribution in [0.5, 0.6) is 0 Å². The summed E-state index contributed by atoms with van der Waals surface area (Å²) >= 11 is 0. The summed E-state index contributed by atoms with van der Waals surface area (Å²) in [6.45, 7) is 6.33. The van der Waals surface area contributed by atoms with Crippen molar-refractivity contribution in [3.05, 3.63) is 144 Å². The summed E-state index contributed by atoms with van der Waals surface area (Å²) < 4.78 is 0. The Labute approximate surface area is 252 Å². The number of pyridine rings is 1. The smallest absolute Gasteiger partial charge is 0.0711 e. The highest BCUT2D eigenvalue weighted by Gasteiger charge is 2.11. The molecule has 4 aromatic rings. The van der Waals surface area contributed by atoms with Gasteiger partial charge in [-0.2, -0.15) is 0 Å². The molecule has 0 aliphatic carbocycles. The molecule has 42 heavy (non-hydrogen) atoms. The number of rotatable bonds is 12. The first-order valence-electron chi connectivity index (χ1n) is 14.8. The molecule has 0 amide bonds. The second-order valence-corrected chi connectivity index (χ2v) is 10.4. The third-order valence-electron chi connectivity index (χ3n) is 7.48. The van der Waals surface area contributed by atoms with Crippen molar-refractivity contribution >= 4 is 5.69 Å². The Kier molecular flexibility index (Phi) is 11.1. The highest BCUT2D eigenvalue weighted by molar-refractivity contribution is 5.80. The van der Waals surface area contributed by atoms with E-state index in [-0.39, 0.29) is 5.92 Å². The summed E-state index contributed by atoms with van der Waals surface area (Å²) in [6.07, 6.45) is 16.9. The predicted octanol–water partition coefficient (Wildman–Crippen LogP) is 9.97. The lowest BCUT2D eigenvalue weighted by Gasteiger charge is -2.15. The fourth-order valence-electron chi connectivity index (χ4n) is 4.96. The highest BCUT2D eigenvalue weighted by atomic mass is 14.8. The van der Waals surface area contributed by atoms with Crippen LogP contribution in [0.4, 0.5) is 5.69 Å². The van der Waals surface area contributed by atoms with Gasteiger partial charge >= 0.3 is 0 Å². The van der Waals surface area contributed by atoms with Gasteiger partial charge in [-0.15, -0.1) is 0 Å². The van der Waals surface area contributed by atoms with E-state index in [4.69, 9.17) is 4.98 Å². The van der Waals surface area contributed by atoms with Gasteiger partial charge in [0.25, 0.3) is 0 Å². The van der Waals surface area contributed by atoms with Crippen molar-refractivity contribution in [3.63, 3.8) is 0 Å². The molecule has 1 heterocycles. The van der Waals surface area contributed by atoms with E-state index in [1.807, 2.05) is 21.0 Å². The Hall–Kier alpha value is -4.63. The monoisotopic (exact) mass is 553 g/mol. The van der Waals surface area contributed by atoms with Crippen LogP contribution in [0.2, 0.25) is 0 Å². The first-order chi connectivity index (χ1) is 20.6. The standard InChI is InChI=1S/C39H43N3/c1-6-8-9-10-14-17-36-26-34(30-15-12-11-13-16-30)28-39(42-36)32-21-19-31(20-22-32)37-27-33(23-25-38(37)41-5)29(3)18-24-35(7-2)40-4/h6-8,10-16,18-29,40-41H,9,17H2,1-5H3/b8-6-,14-10-,24-18-,35-7+. The maximum atomic E-state index is 5.07. The molecule has 1 atom stereocenters. The Morgan fingerprint density at radius 3 is 2.24 bits per heavy atom. The zero-order chi connectivity index (χ0) is 29.7. The molecule has 0 bridgehead atoms. The largest absolute Gasteiger partial charge is 0.388 e. The highest BCUT2D eigenvalue weighted by Crippen LogP contribution is 2.34. The van der Waals surface area contributed by atoms with Crippen molar-refractivity contribution in [2.75, 3.05) is 19.4 Å². The number of anilines is 1. The lowest BCUT2D eigenvalue weighted by molar-refractivity contribution is 0.954. The quantitative estimate of drug-likeness (QED) is 0.135. The lowest BCUT2D eigenvalue weighted by Crippen LogP contribution is -2.02. The minimum atomic E-state index is 0.285. The summed E-state index contributed by atoms with van der Waals surface area (Å²) in [5, 5.41) is 6.60. The number of nitrogens with one attached hydrogen (secondary N) is 2. The topological polar surface area (TPSA) is 37.0 Å². The minimum absolute atomic E-state index is 0.285. The molecule has 4 rings (SSSR count). The van der Waals surface area contributed by atoms with Crippen molar-refractivity contribution in [2.24, 2.45) is 0 Å². The SMILES string of the molecule is C/C=C\C/C=C\Cc1cc(-c2ccccc2)cc(-c2ccc(-c3cc(C(C)/C=C\C(=C/C)NC)ccc3NC)cc2)n1. The molecule has 0 fully saturated rings. The zero-order valence-corrected chi connectivity index (χ0v) is 25.6. The maximum Gasteiger partial charge on any atom is 0.0711 e. The number of hydrogen-bond donors (Lipinski definition) is 2. The molecule has 0 spiro atoms. The first-order valence-corrected chi connectivity index (χ1v) is 14.8. The van der Waals surface area contributed by atoms with Crippen LogP contribution in [0, 0.1) is 0 Å². The van der Waals surface area contributed by atoms with Gasteiger partial charge in [-0.05, 0) is 78.8 Å². The number of aromatic nitrogens is 1. The van der Waals surface area contributed by atoms with Crippen LogP contribution in [0.15, 0.2) is 133 Å². The third-order valence-corrected chi connectivity index (χ3v) is 7.48. The van der Waals surface area contributed by atoms with Crippen molar-refractivity contribution in [3.8, 4) is 33.5 Å². The molecule has 2 N–H and O–H groups in total. The van der Waals surface area contributed by atoms with Crippen molar-refractivity contribution < 1.29 is 0 Å². The van der Waals surface area contributed by atoms with E-state index in [0.29, 0.717) is 0 Å². The van der Waals surface area contributed by atoms with Crippen LogP contribution < -0.4 is 10.6 Å². The Morgan fingerprint density at radius 2 is 1.55 bits per heavy atom. The van der Waals surface area contributed by atoms with Crippen molar-refractivity contribution in [1.29, 1.82) is 0 Å². The molecule has 0 aliphatic heterocycles. The summed E-state index contributed by atoms with van der Waals surface area (Å²) in [5.74, 6) is 0.285. The summed E-state index contributed by atoms with van der Waals surface area (Å²) in [4.78, 5) is 5.07. The van der Waals surface area contributed by atoms with Crippen LogP contribution in [0.1, 0.15) is 44.4 Å². The molecule has 3 aromatic carbocycles. The van der Waals surface area contributed by atoms with Gasteiger partial charge in [0.15, 0.2) is 0 Å². The second-order valence-electron chi connectivity index (χ2n) is 10.4. The van der Waals surface area contributed by atoms with Crippen LogP contribution in [-0.2, 0) is 6.42 Å². The van der Waals surface area contributed by atoms with Gasteiger partial charge < -0.3 is 10.6 Å². The molecule has 0 saturated heterocycles. The average Bonchev–Trinajstić information content (AvgIpc) is 3.05. The Morgan fingerprint density at radius 1 is 0.786 bits per heavy atom. The van der Waals surface area contributed by atoms with E-state index >= 15 is 0 Å². The lowest BCUT2D eigenvalue weighted by atomic mass is 9.93. The van der Waals surface area contributed by atoms with E-state index in [9.17, 15) is 0 Å². The summed E-state index contributed by atoms with van der Waals surface area (Å²) in [5.41, 5.74) is 11.4. The minimum Gasteiger partial charge on any atom is -0.388 e. The molecule has 3 heteroatoms. The third kappa shape index (κ3) is 7.98. The molecule has 0 radical (unpaired) electrons. The molecule has 3 nitrogen and oxygen atoms in total. The van der Waals surface area contributed by atoms with Gasteiger partial charge in [0.05, 0.1) is 5.69 Å². The first kappa shape index (κ1) is 30.3. The molecule has 1 aromatic heterocycles. The van der Waals surface area contributed by atoms with E-state index in [0.717, 1.165) is 41.2 Å². The molecule has 1 unspecified atom stereocenters. The summed E-state index contributed by atoms with van der Waals surface area (Å²) in [6, 6.07) is 30.5. The molecule has 0 aliphatic rings. The Balaban J connectivity index is 1.66. The number of likely N-dealkylation sites (N-methyl/N-ethyl adjacent to an activating group) is 1. The van der Waals surface area contributed by atoms with E-state index in [1.165, 1.54) is 27.8 Å². The molecular formula is C39H43N3. The molecular weight excluding hydrogens is 510 g/mol. The van der Waals surface area contributed by atoms with Gasteiger partial charge in [0, 0.05) is 48.7 Å². The number of hydrogen-bond acceptors (Lipinski definition) is 3. The van der Waals surface area contributed by atoms with E-state index in [1.54, 1.807) is 0 Å². The van der Waals surface area contributed by atoms with Gasteiger partial charge in [-0.1, -0.05) is 104 Å². The zero-order valence-electron chi connectivity index (χ0n) is 25.6. The van der Waals surface area contributed by atoms with Crippen LogP contribution in [0.25, 0.3) is 33.5 Å². The van der Waals surface area contributed by atoms with Crippen LogP contribution >= 0.6 is 0 Å². The van der Waals surface area contributed by atoms with E-state index in [2.05, 4.69) is 152 Å². The van der Waals surface area contributed by atoms with Gasteiger partial charge in [-0.3, -0.25) is 4.98 Å². The summed E-state index contributed by atoms with van der Waals surface area (Å²) in [7, 11) is 3.93.